The van der Waals surface area contributed by atoms with Crippen LogP contribution in [0, 0.1) is 0 Å². The molecule has 20 heavy (non-hydrogen) atoms. The van der Waals surface area contributed by atoms with Crippen LogP contribution < -0.4 is 5.01 Å². The lowest BCUT2D eigenvalue weighted by molar-refractivity contribution is 0.280. The summed E-state index contributed by atoms with van der Waals surface area (Å²) in [6.45, 7) is 2.81. The molecule has 3 rings (SSSR count). The van der Waals surface area contributed by atoms with Crippen LogP contribution in [0.1, 0.15) is 12.1 Å². The van der Waals surface area contributed by atoms with Crippen molar-refractivity contribution in [1.82, 2.24) is 14.7 Å². The second kappa shape index (κ2) is 5.17. The average Bonchev–Trinajstić information content (AvgIpc) is 3.02. The number of sulfone groups is 1. The van der Waals surface area contributed by atoms with Crippen LogP contribution in [-0.4, -0.2) is 60.5 Å². The Hall–Kier alpha value is -1.41. The normalized spacial score (nSPS) is 22.6. The zero-order valence-electron chi connectivity index (χ0n) is 11.6. The zero-order chi connectivity index (χ0) is 14.2. The van der Waals surface area contributed by atoms with E-state index in [-0.39, 0.29) is 11.5 Å². The largest absolute Gasteiger partial charge is 0.296 e. The molecular weight excluding hydrogens is 278 g/mol. The molecule has 0 aliphatic carbocycles. The Morgan fingerprint density at radius 3 is 2.65 bits per heavy atom. The van der Waals surface area contributed by atoms with Crippen molar-refractivity contribution < 1.29 is 8.42 Å². The van der Waals surface area contributed by atoms with Gasteiger partial charge in [-0.05, 0) is 0 Å². The van der Waals surface area contributed by atoms with Gasteiger partial charge in [0, 0.05) is 51.9 Å². The van der Waals surface area contributed by atoms with Gasteiger partial charge in [0.05, 0.1) is 17.2 Å². The van der Waals surface area contributed by atoms with Crippen molar-refractivity contribution in [1.29, 1.82) is 0 Å². The molecule has 0 spiro atoms. The van der Waals surface area contributed by atoms with Crippen LogP contribution in [0.2, 0.25) is 0 Å². The highest BCUT2D eigenvalue weighted by atomic mass is 32.2. The lowest BCUT2D eigenvalue weighted by Crippen LogP contribution is -2.40. The maximum Gasteiger partial charge on any atom is 0.171 e. The van der Waals surface area contributed by atoms with Crippen LogP contribution in [0.4, 0.5) is 5.82 Å². The van der Waals surface area contributed by atoms with Crippen molar-refractivity contribution in [3.8, 4) is 0 Å². The predicted molar refractivity (Wildman–Crippen MR) is 77.6 cm³/mol. The summed E-state index contributed by atoms with van der Waals surface area (Å²) in [6.07, 6.45) is 2.85. The Morgan fingerprint density at radius 1 is 1.25 bits per heavy atom. The molecule has 0 N–H and O–H groups in total. The first-order valence-electron chi connectivity index (χ1n) is 6.79. The Labute approximate surface area is 118 Å². The summed E-state index contributed by atoms with van der Waals surface area (Å²) in [6, 6.07) is 2.03. The summed E-state index contributed by atoms with van der Waals surface area (Å²) in [5.74, 6) is 1.38. The molecule has 2 aliphatic heterocycles. The number of hydrazone groups is 1. The van der Waals surface area contributed by atoms with Crippen molar-refractivity contribution in [2.24, 2.45) is 12.1 Å². The SMILES string of the molecule is Cn1nc(N2CCC=N2)cc1CN1CCS(=O)(=O)CC1. The molecule has 0 unspecified atom stereocenters. The third-order valence-corrected chi connectivity index (χ3v) is 5.35. The van der Waals surface area contributed by atoms with E-state index in [2.05, 4.69) is 15.1 Å². The van der Waals surface area contributed by atoms with Crippen LogP contribution in [0.25, 0.3) is 0 Å². The van der Waals surface area contributed by atoms with Gasteiger partial charge in [0.1, 0.15) is 0 Å². The molecule has 1 fully saturated rings. The van der Waals surface area contributed by atoms with Crippen molar-refractivity contribution in [2.75, 3.05) is 36.1 Å². The van der Waals surface area contributed by atoms with E-state index in [4.69, 9.17) is 0 Å². The first-order chi connectivity index (χ1) is 9.53. The number of aryl methyl sites for hydroxylation is 1. The van der Waals surface area contributed by atoms with E-state index in [9.17, 15) is 8.42 Å². The highest BCUT2D eigenvalue weighted by Crippen LogP contribution is 2.18. The molecule has 2 aliphatic rings. The molecule has 0 aromatic carbocycles. The molecule has 0 atom stereocenters. The van der Waals surface area contributed by atoms with Crippen molar-refractivity contribution in [2.45, 2.75) is 13.0 Å². The topological polar surface area (TPSA) is 70.8 Å². The van der Waals surface area contributed by atoms with Crippen molar-refractivity contribution in [3.63, 3.8) is 0 Å². The molecule has 3 heterocycles. The third-order valence-electron chi connectivity index (χ3n) is 3.74. The van der Waals surface area contributed by atoms with Crippen LogP contribution in [0.15, 0.2) is 11.2 Å². The predicted octanol–water partition coefficient (Wildman–Crippen LogP) is -0.154. The third kappa shape index (κ3) is 2.85. The Morgan fingerprint density at radius 2 is 2.00 bits per heavy atom. The lowest BCUT2D eigenvalue weighted by atomic mass is 10.3. The summed E-state index contributed by atoms with van der Waals surface area (Å²) in [4.78, 5) is 2.16. The fraction of sp³-hybridized carbons (Fsp3) is 0.667. The second-order valence-electron chi connectivity index (χ2n) is 5.26. The van der Waals surface area contributed by atoms with Crippen LogP contribution in [0.5, 0.6) is 0 Å². The van der Waals surface area contributed by atoms with Gasteiger partial charge >= 0.3 is 0 Å². The number of nitrogens with zero attached hydrogens (tertiary/aromatic N) is 5. The highest BCUT2D eigenvalue weighted by Gasteiger charge is 2.23. The molecule has 1 aromatic rings. The van der Waals surface area contributed by atoms with Gasteiger partial charge in [0.15, 0.2) is 15.7 Å². The van der Waals surface area contributed by atoms with Gasteiger partial charge in [-0.25, -0.2) is 13.4 Å². The average molecular weight is 297 g/mol. The summed E-state index contributed by atoms with van der Waals surface area (Å²) < 4.78 is 24.7. The molecule has 0 amide bonds. The maximum atomic E-state index is 11.4. The monoisotopic (exact) mass is 297 g/mol. The number of anilines is 1. The highest BCUT2D eigenvalue weighted by molar-refractivity contribution is 7.91. The first-order valence-corrected chi connectivity index (χ1v) is 8.61. The van der Waals surface area contributed by atoms with Gasteiger partial charge in [-0.3, -0.25) is 9.58 Å². The van der Waals surface area contributed by atoms with Crippen LogP contribution in [-0.2, 0) is 23.4 Å². The van der Waals surface area contributed by atoms with Crippen molar-refractivity contribution >= 4 is 21.9 Å². The Bertz CT molecular complexity index is 608. The fourth-order valence-electron chi connectivity index (χ4n) is 2.47. The van der Waals surface area contributed by atoms with Gasteiger partial charge in [-0.2, -0.15) is 10.2 Å². The van der Waals surface area contributed by atoms with E-state index in [0.29, 0.717) is 13.1 Å². The minimum Gasteiger partial charge on any atom is -0.296 e. The van der Waals surface area contributed by atoms with E-state index >= 15 is 0 Å². The van der Waals surface area contributed by atoms with Gasteiger partial charge in [0.2, 0.25) is 0 Å². The maximum absolute atomic E-state index is 11.4. The van der Waals surface area contributed by atoms with Crippen LogP contribution in [0.3, 0.4) is 0 Å². The Balaban J connectivity index is 1.67. The van der Waals surface area contributed by atoms with E-state index in [1.165, 1.54) is 0 Å². The molecule has 0 bridgehead atoms. The molecule has 1 aromatic heterocycles. The van der Waals surface area contributed by atoms with E-state index < -0.39 is 9.84 Å². The molecule has 8 heteroatoms. The lowest BCUT2D eigenvalue weighted by Gasteiger charge is -2.26. The van der Waals surface area contributed by atoms with Gasteiger partial charge < -0.3 is 0 Å². The molecule has 1 saturated heterocycles. The molecule has 0 radical (unpaired) electrons. The summed E-state index contributed by atoms with van der Waals surface area (Å²) >= 11 is 0. The molecular formula is C12H19N5O2S. The summed E-state index contributed by atoms with van der Waals surface area (Å²) in [5, 5.41) is 10.6. The van der Waals surface area contributed by atoms with Gasteiger partial charge in [-0.1, -0.05) is 0 Å². The van der Waals surface area contributed by atoms with E-state index in [1.54, 1.807) is 0 Å². The minimum absolute atomic E-state index is 0.258. The number of hydrogen-bond acceptors (Lipinski definition) is 6. The fourth-order valence-corrected chi connectivity index (χ4v) is 3.75. The van der Waals surface area contributed by atoms with Crippen molar-refractivity contribution in [3.05, 3.63) is 11.8 Å². The number of rotatable bonds is 3. The summed E-state index contributed by atoms with van der Waals surface area (Å²) in [7, 11) is -0.901. The van der Waals surface area contributed by atoms with E-state index in [0.717, 1.165) is 31.0 Å². The first kappa shape index (κ1) is 13.6. The standard InChI is InChI=1S/C12H19N5O2S/c1-15-11(9-12(14-15)17-4-2-3-13-17)10-16-5-7-20(18,19)8-6-16/h3,9H,2,4-8,10H2,1H3. The van der Waals surface area contributed by atoms with E-state index in [1.807, 2.05) is 29.0 Å². The second-order valence-corrected chi connectivity index (χ2v) is 7.56. The quantitative estimate of drug-likeness (QED) is 0.776. The number of hydrogen-bond donors (Lipinski definition) is 0. The summed E-state index contributed by atoms with van der Waals surface area (Å²) in [5.41, 5.74) is 1.08. The smallest absolute Gasteiger partial charge is 0.171 e. The molecule has 0 saturated carbocycles. The van der Waals surface area contributed by atoms with Crippen LogP contribution >= 0.6 is 0 Å². The molecule has 110 valence electrons. The minimum atomic E-state index is -2.82. The van der Waals surface area contributed by atoms with Gasteiger partial charge in [0.25, 0.3) is 0 Å². The molecule has 7 nitrogen and oxygen atoms in total. The Kier molecular flexibility index (Phi) is 3.51. The van der Waals surface area contributed by atoms with Gasteiger partial charge in [-0.15, -0.1) is 0 Å². The number of aromatic nitrogens is 2. The zero-order valence-corrected chi connectivity index (χ0v) is 12.4.